The van der Waals surface area contributed by atoms with Crippen LogP contribution in [0.5, 0.6) is 0 Å². The van der Waals surface area contributed by atoms with Gasteiger partial charge in [0.15, 0.2) is 0 Å². The molecule has 2 amide bonds. The highest BCUT2D eigenvalue weighted by Crippen LogP contribution is 2.25. The maximum Gasteiger partial charge on any atom is 0.253 e. The summed E-state index contributed by atoms with van der Waals surface area (Å²) < 4.78 is 0. The second-order valence-corrected chi connectivity index (χ2v) is 5.50. The van der Waals surface area contributed by atoms with Crippen molar-refractivity contribution in [2.45, 2.75) is 18.9 Å². The van der Waals surface area contributed by atoms with Gasteiger partial charge in [0.25, 0.3) is 5.91 Å². The van der Waals surface area contributed by atoms with E-state index >= 15 is 0 Å². The Bertz CT molecular complexity index is 577. The Hall–Kier alpha value is -1.59. The fourth-order valence-electron chi connectivity index (χ4n) is 2.28. The van der Waals surface area contributed by atoms with E-state index in [0.717, 1.165) is 12.7 Å². The highest BCUT2D eigenvalue weighted by Gasteiger charge is 2.28. The lowest BCUT2D eigenvalue weighted by Crippen LogP contribution is -2.43. The first-order chi connectivity index (χ1) is 10.0. The van der Waals surface area contributed by atoms with Crippen molar-refractivity contribution in [3.8, 4) is 0 Å². The van der Waals surface area contributed by atoms with Gasteiger partial charge in [-0.25, -0.2) is 0 Å². The van der Waals surface area contributed by atoms with Crippen molar-refractivity contribution < 1.29 is 14.4 Å². The number of likely N-dealkylation sites (tertiary alicyclic amines) is 1. The molecule has 1 aliphatic heterocycles. The minimum Gasteiger partial charge on any atom is -0.343 e. The number of nitrogens with one attached hydrogen (secondary N) is 1. The van der Waals surface area contributed by atoms with Gasteiger partial charge in [0.1, 0.15) is 6.29 Å². The third kappa shape index (κ3) is 3.54. The molecule has 1 fully saturated rings. The Kier molecular flexibility index (Phi) is 5.20. The molecule has 0 unspecified atom stereocenters. The zero-order valence-electron chi connectivity index (χ0n) is 11.1. The highest BCUT2D eigenvalue weighted by molar-refractivity contribution is 6.43. The Morgan fingerprint density at radius 3 is 2.86 bits per heavy atom. The van der Waals surface area contributed by atoms with Crippen LogP contribution >= 0.6 is 23.2 Å². The van der Waals surface area contributed by atoms with E-state index < -0.39 is 5.91 Å². The van der Waals surface area contributed by atoms with Crippen molar-refractivity contribution in [3.05, 3.63) is 33.8 Å². The quantitative estimate of drug-likeness (QED) is 0.858. The SMILES string of the molecule is O=C[C@@H]1CCCN1C(=O)CNC(=O)c1cccc(Cl)c1Cl. The lowest BCUT2D eigenvalue weighted by atomic mass is 10.2. The van der Waals surface area contributed by atoms with Crippen LogP contribution in [0.15, 0.2) is 18.2 Å². The molecule has 112 valence electrons. The summed E-state index contributed by atoms with van der Waals surface area (Å²) in [5.41, 5.74) is 0.213. The molecule has 0 saturated carbocycles. The smallest absolute Gasteiger partial charge is 0.253 e. The summed E-state index contributed by atoms with van der Waals surface area (Å²) >= 11 is 11.8. The number of carbonyl (C=O) groups excluding carboxylic acids is 3. The maximum absolute atomic E-state index is 12.0. The van der Waals surface area contributed by atoms with Gasteiger partial charge in [-0.15, -0.1) is 0 Å². The van der Waals surface area contributed by atoms with Crippen molar-refractivity contribution in [1.29, 1.82) is 0 Å². The average molecular weight is 329 g/mol. The molecule has 21 heavy (non-hydrogen) atoms. The van der Waals surface area contributed by atoms with Crippen molar-refractivity contribution in [2.75, 3.05) is 13.1 Å². The Balaban J connectivity index is 1.96. The summed E-state index contributed by atoms with van der Waals surface area (Å²) in [6, 6.07) is 4.32. The van der Waals surface area contributed by atoms with Gasteiger partial charge < -0.3 is 15.0 Å². The molecule has 1 saturated heterocycles. The summed E-state index contributed by atoms with van der Waals surface area (Å²) in [5, 5.41) is 2.92. The second-order valence-electron chi connectivity index (χ2n) is 4.72. The van der Waals surface area contributed by atoms with Gasteiger partial charge in [0, 0.05) is 6.54 Å². The van der Waals surface area contributed by atoms with Gasteiger partial charge in [-0.1, -0.05) is 29.3 Å². The topological polar surface area (TPSA) is 66.5 Å². The third-order valence-corrected chi connectivity index (χ3v) is 4.19. The van der Waals surface area contributed by atoms with Gasteiger partial charge in [-0.05, 0) is 25.0 Å². The molecule has 0 aliphatic carbocycles. The van der Waals surface area contributed by atoms with E-state index in [1.54, 1.807) is 12.1 Å². The van der Waals surface area contributed by atoms with E-state index in [1.807, 2.05) is 0 Å². The number of rotatable bonds is 4. The van der Waals surface area contributed by atoms with Gasteiger partial charge in [-0.3, -0.25) is 9.59 Å². The minimum atomic E-state index is -0.474. The van der Waals surface area contributed by atoms with Gasteiger partial charge in [-0.2, -0.15) is 0 Å². The molecule has 1 aromatic rings. The predicted molar refractivity (Wildman–Crippen MR) is 79.6 cm³/mol. The fraction of sp³-hybridized carbons (Fsp3) is 0.357. The zero-order chi connectivity index (χ0) is 15.4. The van der Waals surface area contributed by atoms with Gasteiger partial charge in [0.2, 0.25) is 5.91 Å². The summed E-state index contributed by atoms with van der Waals surface area (Å²) in [4.78, 5) is 36.3. The summed E-state index contributed by atoms with van der Waals surface area (Å²) in [6.07, 6.45) is 2.23. The Morgan fingerprint density at radius 1 is 1.38 bits per heavy atom. The molecule has 0 aromatic heterocycles. The summed E-state index contributed by atoms with van der Waals surface area (Å²) in [6.45, 7) is 0.363. The number of hydrogen-bond donors (Lipinski definition) is 1. The zero-order valence-corrected chi connectivity index (χ0v) is 12.7. The van der Waals surface area contributed by atoms with E-state index in [-0.39, 0.29) is 34.1 Å². The third-order valence-electron chi connectivity index (χ3n) is 3.37. The molecular weight excluding hydrogens is 315 g/mol. The van der Waals surface area contributed by atoms with Gasteiger partial charge >= 0.3 is 0 Å². The fourth-order valence-corrected chi connectivity index (χ4v) is 2.66. The van der Waals surface area contributed by atoms with Crippen LogP contribution in [0.25, 0.3) is 0 Å². The summed E-state index contributed by atoms with van der Waals surface area (Å²) in [7, 11) is 0. The maximum atomic E-state index is 12.0. The molecule has 1 heterocycles. The van der Waals surface area contributed by atoms with Crippen molar-refractivity contribution in [1.82, 2.24) is 10.2 Å². The van der Waals surface area contributed by atoms with E-state index in [1.165, 1.54) is 11.0 Å². The Morgan fingerprint density at radius 2 is 2.14 bits per heavy atom. The lowest BCUT2D eigenvalue weighted by Gasteiger charge is -2.20. The Labute approximate surface area is 132 Å². The molecule has 2 rings (SSSR count). The molecule has 7 heteroatoms. The second kappa shape index (κ2) is 6.91. The molecule has 0 radical (unpaired) electrons. The number of carbonyl (C=O) groups is 3. The lowest BCUT2D eigenvalue weighted by molar-refractivity contribution is -0.133. The molecule has 1 N–H and O–H groups in total. The molecule has 5 nitrogen and oxygen atoms in total. The van der Waals surface area contributed by atoms with Crippen LogP contribution in [0, 0.1) is 0 Å². The van der Waals surface area contributed by atoms with Crippen molar-refractivity contribution in [2.24, 2.45) is 0 Å². The van der Waals surface area contributed by atoms with Crippen molar-refractivity contribution in [3.63, 3.8) is 0 Å². The number of amides is 2. The minimum absolute atomic E-state index is 0.149. The first kappa shape index (κ1) is 15.8. The molecule has 1 atom stereocenters. The number of hydrogen-bond acceptors (Lipinski definition) is 3. The molecule has 1 aliphatic rings. The first-order valence-corrected chi connectivity index (χ1v) is 7.27. The van der Waals surface area contributed by atoms with E-state index in [4.69, 9.17) is 23.2 Å². The summed E-state index contributed by atoms with van der Waals surface area (Å²) in [5.74, 6) is -0.756. The van der Waals surface area contributed by atoms with Crippen LogP contribution in [0.4, 0.5) is 0 Å². The molecule has 0 bridgehead atoms. The molecular formula is C14H14Cl2N2O3. The standard InChI is InChI=1S/C14H14Cl2N2O3/c15-11-5-1-4-10(13(11)16)14(21)17-7-12(20)18-6-2-3-9(18)8-19/h1,4-5,8-9H,2-3,6-7H2,(H,17,21)/t9-/m0/s1. The highest BCUT2D eigenvalue weighted by atomic mass is 35.5. The van der Waals surface area contributed by atoms with Crippen LogP contribution < -0.4 is 5.32 Å². The van der Waals surface area contributed by atoms with Gasteiger partial charge in [0.05, 0.1) is 28.2 Å². The molecule has 0 spiro atoms. The van der Waals surface area contributed by atoms with Crippen LogP contribution in [0.2, 0.25) is 10.0 Å². The first-order valence-electron chi connectivity index (χ1n) is 6.51. The van der Waals surface area contributed by atoms with Crippen LogP contribution in [0.1, 0.15) is 23.2 Å². The number of aldehydes is 1. The number of halogens is 2. The van der Waals surface area contributed by atoms with Crippen LogP contribution in [-0.2, 0) is 9.59 Å². The largest absolute Gasteiger partial charge is 0.343 e. The normalized spacial score (nSPS) is 17.6. The molecule has 1 aromatic carbocycles. The predicted octanol–water partition coefficient (Wildman–Crippen LogP) is 1.91. The number of nitrogens with zero attached hydrogens (tertiary/aromatic N) is 1. The number of benzene rings is 1. The van der Waals surface area contributed by atoms with Crippen LogP contribution in [-0.4, -0.2) is 42.1 Å². The monoisotopic (exact) mass is 328 g/mol. The average Bonchev–Trinajstić information content (AvgIpc) is 2.95. The van der Waals surface area contributed by atoms with Crippen LogP contribution in [0.3, 0.4) is 0 Å². The van der Waals surface area contributed by atoms with E-state index in [9.17, 15) is 14.4 Å². The van der Waals surface area contributed by atoms with E-state index in [2.05, 4.69) is 5.32 Å². The van der Waals surface area contributed by atoms with Crippen molar-refractivity contribution >= 4 is 41.3 Å². The van der Waals surface area contributed by atoms with E-state index in [0.29, 0.717) is 13.0 Å².